The molecule has 184 valence electrons. The van der Waals surface area contributed by atoms with Gasteiger partial charge in [0.1, 0.15) is 5.75 Å². The van der Waals surface area contributed by atoms with E-state index in [1.54, 1.807) is 30.3 Å². The first kappa shape index (κ1) is 25.3. The molecule has 0 aliphatic carbocycles. The first-order valence-corrected chi connectivity index (χ1v) is 11.3. The molecule has 3 aromatic carbocycles. The molecule has 0 spiro atoms. The van der Waals surface area contributed by atoms with Crippen molar-refractivity contribution in [2.45, 2.75) is 12.7 Å². The first-order valence-electron chi connectivity index (χ1n) is 10.2. The van der Waals surface area contributed by atoms with E-state index >= 15 is 0 Å². The molecule has 2 amide bonds. The highest BCUT2D eigenvalue weighted by Gasteiger charge is 2.35. The summed E-state index contributed by atoms with van der Waals surface area (Å²) in [7, 11) is 0. The van der Waals surface area contributed by atoms with E-state index in [1.807, 2.05) is 0 Å². The van der Waals surface area contributed by atoms with Crippen molar-refractivity contribution < 1.29 is 32.4 Å². The summed E-state index contributed by atoms with van der Waals surface area (Å²) in [4.78, 5) is 36.8. The Morgan fingerprint density at radius 1 is 1.06 bits per heavy atom. The molecule has 0 unspecified atom stereocenters. The molecule has 1 fully saturated rings. The molecular weight excluding hydrogens is 521 g/mol. The molecule has 0 radical (unpaired) electrons. The number of hydrogen-bond donors (Lipinski definition) is 0. The maximum Gasteiger partial charge on any atom is 0.416 e. The highest BCUT2D eigenvalue weighted by atomic mass is 35.5. The van der Waals surface area contributed by atoms with E-state index in [4.69, 9.17) is 16.3 Å². The lowest BCUT2D eigenvalue weighted by Crippen LogP contribution is -2.27. The Balaban J connectivity index is 1.56. The van der Waals surface area contributed by atoms with Gasteiger partial charge in [0.15, 0.2) is 0 Å². The number of alkyl halides is 3. The molecule has 0 saturated carbocycles. The molecule has 1 heterocycles. The van der Waals surface area contributed by atoms with Crippen LogP contribution in [-0.4, -0.2) is 21.0 Å². The average molecular weight is 535 g/mol. The van der Waals surface area contributed by atoms with Crippen LogP contribution in [0.25, 0.3) is 6.08 Å². The number of amides is 2. The minimum Gasteiger partial charge on any atom is -0.450 e. The van der Waals surface area contributed by atoms with Crippen LogP contribution in [0, 0.1) is 10.1 Å². The highest BCUT2D eigenvalue weighted by Crippen LogP contribution is 2.39. The number of ether oxygens (including phenoxy) is 1. The van der Waals surface area contributed by atoms with E-state index in [1.165, 1.54) is 24.3 Å². The van der Waals surface area contributed by atoms with Crippen LogP contribution in [0.3, 0.4) is 0 Å². The smallest absolute Gasteiger partial charge is 0.416 e. The third-order valence-corrected chi connectivity index (χ3v) is 6.30. The van der Waals surface area contributed by atoms with Gasteiger partial charge in [-0.1, -0.05) is 41.9 Å². The first-order chi connectivity index (χ1) is 17.0. The van der Waals surface area contributed by atoms with Gasteiger partial charge in [0.2, 0.25) is 5.75 Å². The second kappa shape index (κ2) is 10.0. The quantitative estimate of drug-likeness (QED) is 0.187. The van der Waals surface area contributed by atoms with Crippen LogP contribution in [-0.2, 0) is 17.5 Å². The van der Waals surface area contributed by atoms with Gasteiger partial charge in [-0.05, 0) is 59.3 Å². The van der Waals surface area contributed by atoms with Crippen LogP contribution in [0.4, 0.5) is 23.7 Å². The number of carbonyl (C=O) groups is 2. The molecule has 0 bridgehead atoms. The van der Waals surface area contributed by atoms with Crippen molar-refractivity contribution in [3.05, 3.63) is 103 Å². The maximum atomic E-state index is 12.9. The summed E-state index contributed by atoms with van der Waals surface area (Å²) in [6.45, 7) is 0.00240. The summed E-state index contributed by atoms with van der Waals surface area (Å²) in [5, 5.41) is 11.2. The van der Waals surface area contributed by atoms with Gasteiger partial charge in [0.25, 0.3) is 11.1 Å². The molecule has 12 heteroatoms. The fourth-order valence-electron chi connectivity index (χ4n) is 3.30. The lowest BCUT2D eigenvalue weighted by molar-refractivity contribution is -0.385. The molecule has 0 N–H and O–H groups in total. The summed E-state index contributed by atoms with van der Waals surface area (Å²) in [5.74, 6) is -0.818. The monoisotopic (exact) mass is 534 g/mol. The van der Waals surface area contributed by atoms with Crippen LogP contribution in [0.5, 0.6) is 11.5 Å². The normalized spacial score (nSPS) is 15.0. The minimum absolute atomic E-state index is 0.00240. The number of carbonyl (C=O) groups excluding carboxylic acids is 2. The molecule has 1 aliphatic heterocycles. The van der Waals surface area contributed by atoms with Gasteiger partial charge in [0, 0.05) is 11.1 Å². The molecule has 36 heavy (non-hydrogen) atoms. The van der Waals surface area contributed by atoms with E-state index < -0.39 is 33.5 Å². The summed E-state index contributed by atoms with van der Waals surface area (Å²) >= 11 is 6.87. The average Bonchev–Trinajstić information content (AvgIpc) is 3.07. The minimum atomic E-state index is -4.75. The Morgan fingerprint density at radius 2 is 1.81 bits per heavy atom. The molecule has 1 aliphatic rings. The Morgan fingerprint density at radius 3 is 2.50 bits per heavy atom. The predicted octanol–water partition coefficient (Wildman–Crippen LogP) is 7.30. The number of rotatable bonds is 6. The second-order valence-corrected chi connectivity index (χ2v) is 8.87. The van der Waals surface area contributed by atoms with Crippen molar-refractivity contribution in [2.75, 3.05) is 0 Å². The number of nitro benzene ring substituents is 1. The molecule has 4 rings (SSSR count). The highest BCUT2D eigenvalue weighted by molar-refractivity contribution is 8.18. The van der Waals surface area contributed by atoms with Gasteiger partial charge in [0.05, 0.1) is 21.9 Å². The number of nitro groups is 1. The summed E-state index contributed by atoms with van der Waals surface area (Å²) in [6, 6.07) is 14.8. The standard InChI is InChI=1S/C24H14ClF3N2O5S/c25-18-7-2-1-5-15(18)13-29-22(31)21(36-23(29)32)11-14-4-3-6-17(10-14)35-20-9-8-16(24(26,27)28)12-19(20)30(33)34/h1-12H,13H2/b21-11+. The van der Waals surface area contributed by atoms with Crippen molar-refractivity contribution in [3.8, 4) is 11.5 Å². The van der Waals surface area contributed by atoms with Gasteiger partial charge in [-0.2, -0.15) is 13.2 Å². The molecule has 1 saturated heterocycles. The van der Waals surface area contributed by atoms with E-state index in [2.05, 4.69) is 0 Å². The number of thioether (sulfide) groups is 1. The van der Waals surface area contributed by atoms with Crippen molar-refractivity contribution >= 4 is 46.3 Å². The van der Waals surface area contributed by atoms with Crippen LogP contribution < -0.4 is 4.74 Å². The SMILES string of the molecule is O=C1S/C(=C/c2cccc(Oc3ccc(C(F)(F)F)cc3[N+](=O)[O-])c2)C(=O)N1Cc1ccccc1Cl. The third-order valence-electron chi connectivity index (χ3n) is 5.03. The number of benzene rings is 3. The third kappa shape index (κ3) is 5.52. The van der Waals surface area contributed by atoms with E-state index in [-0.39, 0.29) is 22.9 Å². The predicted molar refractivity (Wildman–Crippen MR) is 128 cm³/mol. The summed E-state index contributed by atoms with van der Waals surface area (Å²) in [6.07, 6.45) is -3.30. The van der Waals surface area contributed by atoms with Crippen LogP contribution in [0.2, 0.25) is 5.02 Å². The Hall–Kier alpha value is -3.83. The Labute approximate surface area is 211 Å². The number of nitrogens with zero attached hydrogens (tertiary/aromatic N) is 2. The molecule has 0 atom stereocenters. The van der Waals surface area contributed by atoms with Gasteiger partial charge < -0.3 is 4.74 Å². The Bertz CT molecular complexity index is 1410. The van der Waals surface area contributed by atoms with Crippen molar-refractivity contribution in [1.29, 1.82) is 0 Å². The second-order valence-electron chi connectivity index (χ2n) is 7.47. The number of hydrogen-bond acceptors (Lipinski definition) is 6. The fourth-order valence-corrected chi connectivity index (χ4v) is 4.34. The lowest BCUT2D eigenvalue weighted by Gasteiger charge is -2.13. The summed E-state index contributed by atoms with van der Waals surface area (Å²) in [5.41, 5.74) is -0.986. The number of imide groups is 1. The van der Waals surface area contributed by atoms with Gasteiger partial charge in [-0.3, -0.25) is 24.6 Å². The largest absolute Gasteiger partial charge is 0.450 e. The van der Waals surface area contributed by atoms with Gasteiger partial charge in [-0.15, -0.1) is 0 Å². The fraction of sp³-hybridized carbons (Fsp3) is 0.0833. The van der Waals surface area contributed by atoms with Crippen LogP contribution in [0.1, 0.15) is 16.7 Å². The van der Waals surface area contributed by atoms with Crippen LogP contribution in [0.15, 0.2) is 71.6 Å². The molecule has 0 aromatic heterocycles. The zero-order chi connectivity index (χ0) is 26.0. The maximum absolute atomic E-state index is 12.9. The zero-order valence-corrected chi connectivity index (χ0v) is 19.6. The lowest BCUT2D eigenvalue weighted by atomic mass is 10.1. The zero-order valence-electron chi connectivity index (χ0n) is 18.0. The van der Waals surface area contributed by atoms with Crippen LogP contribution >= 0.6 is 23.4 Å². The van der Waals surface area contributed by atoms with E-state index in [9.17, 15) is 32.9 Å². The molecule has 3 aromatic rings. The molecular formula is C24H14ClF3N2O5S. The van der Waals surface area contributed by atoms with Crippen molar-refractivity contribution in [3.63, 3.8) is 0 Å². The molecule has 7 nitrogen and oxygen atoms in total. The number of halogens is 4. The van der Waals surface area contributed by atoms with Gasteiger partial charge in [-0.25, -0.2) is 0 Å². The van der Waals surface area contributed by atoms with Crippen molar-refractivity contribution in [1.82, 2.24) is 4.90 Å². The topological polar surface area (TPSA) is 89.7 Å². The van der Waals surface area contributed by atoms with Crippen molar-refractivity contribution in [2.24, 2.45) is 0 Å². The van der Waals surface area contributed by atoms with E-state index in [0.717, 1.165) is 22.7 Å². The van der Waals surface area contributed by atoms with Gasteiger partial charge >= 0.3 is 11.9 Å². The Kier molecular flexibility index (Phi) is 7.04. The van der Waals surface area contributed by atoms with E-state index in [0.29, 0.717) is 28.3 Å². The summed E-state index contributed by atoms with van der Waals surface area (Å²) < 4.78 is 44.3.